The molecule has 40 heavy (non-hydrogen) atoms. The van der Waals surface area contributed by atoms with Crippen LogP contribution in [0.2, 0.25) is 0 Å². The van der Waals surface area contributed by atoms with E-state index in [1.54, 1.807) is 25.6 Å². The summed E-state index contributed by atoms with van der Waals surface area (Å²) >= 11 is 1.58. The van der Waals surface area contributed by atoms with Crippen molar-refractivity contribution < 1.29 is 23.8 Å². The standard InChI is InChI=1S/C33H35NO5S/c1-33(2,3)32(36)34-18-16-25(17-19-34)39-24-12-6-21(7-13-24)30(35)29-27-15-14-26(38-5)20-28(27)40-31(29)22-8-10-23(37-4)11-9-22/h6-15,20,25H,16-19H2,1-5H3. The lowest BCUT2D eigenvalue weighted by molar-refractivity contribution is -0.141. The molecule has 4 aromatic rings. The average molecular weight is 558 g/mol. The number of rotatable bonds is 7. The van der Waals surface area contributed by atoms with Crippen LogP contribution in [0.15, 0.2) is 66.7 Å². The number of methoxy groups -OCH3 is 2. The minimum Gasteiger partial charge on any atom is -0.497 e. The maximum absolute atomic E-state index is 13.9. The first-order valence-corrected chi connectivity index (χ1v) is 14.4. The van der Waals surface area contributed by atoms with Gasteiger partial charge in [0.25, 0.3) is 0 Å². The lowest BCUT2D eigenvalue weighted by Crippen LogP contribution is -2.46. The number of likely N-dealkylation sites (tertiary alicyclic amines) is 1. The fourth-order valence-electron chi connectivity index (χ4n) is 5.05. The van der Waals surface area contributed by atoms with Crippen molar-refractivity contribution in [3.05, 3.63) is 77.9 Å². The molecule has 6 nitrogen and oxygen atoms in total. The summed E-state index contributed by atoms with van der Waals surface area (Å²) < 4.78 is 18.0. The molecule has 208 valence electrons. The third kappa shape index (κ3) is 5.70. The van der Waals surface area contributed by atoms with Gasteiger partial charge >= 0.3 is 0 Å². The molecule has 1 amide bonds. The molecule has 0 spiro atoms. The SMILES string of the molecule is COc1ccc(-c2sc3cc(OC)ccc3c2C(=O)c2ccc(OC3CCN(C(=O)C(C)(C)C)CC3)cc2)cc1. The van der Waals surface area contributed by atoms with Crippen molar-refractivity contribution in [1.29, 1.82) is 0 Å². The topological polar surface area (TPSA) is 65.1 Å². The smallest absolute Gasteiger partial charge is 0.227 e. The van der Waals surface area contributed by atoms with E-state index in [1.807, 2.05) is 92.4 Å². The molecule has 2 heterocycles. The molecule has 0 bridgehead atoms. The second-order valence-corrected chi connectivity index (χ2v) is 12.2. The summed E-state index contributed by atoms with van der Waals surface area (Å²) in [5, 5.41) is 0.901. The molecule has 0 N–H and O–H groups in total. The fourth-order valence-corrected chi connectivity index (χ4v) is 6.28. The van der Waals surface area contributed by atoms with Crippen LogP contribution in [-0.4, -0.2) is 50.0 Å². The van der Waals surface area contributed by atoms with E-state index >= 15 is 0 Å². The van der Waals surface area contributed by atoms with Crippen LogP contribution in [0.3, 0.4) is 0 Å². The minimum atomic E-state index is -0.372. The first kappa shape index (κ1) is 27.7. The van der Waals surface area contributed by atoms with E-state index in [0.29, 0.717) is 24.2 Å². The molecule has 0 atom stereocenters. The molecule has 5 rings (SSSR count). The number of carbonyl (C=O) groups is 2. The van der Waals surface area contributed by atoms with Crippen molar-refractivity contribution in [2.75, 3.05) is 27.3 Å². The van der Waals surface area contributed by atoms with Crippen LogP contribution in [0, 0.1) is 5.41 Å². The van der Waals surface area contributed by atoms with Gasteiger partial charge in [-0.1, -0.05) is 20.8 Å². The summed E-state index contributed by atoms with van der Waals surface area (Å²) in [6, 6.07) is 21.0. The van der Waals surface area contributed by atoms with Gasteiger partial charge in [-0.3, -0.25) is 9.59 Å². The van der Waals surface area contributed by atoms with E-state index in [9.17, 15) is 9.59 Å². The maximum Gasteiger partial charge on any atom is 0.227 e. The van der Waals surface area contributed by atoms with E-state index in [2.05, 4.69) is 0 Å². The molecular formula is C33H35NO5S. The van der Waals surface area contributed by atoms with Crippen LogP contribution in [0.25, 0.3) is 20.5 Å². The summed E-state index contributed by atoms with van der Waals surface area (Å²) in [6.45, 7) is 7.26. The molecule has 3 aromatic carbocycles. The Morgan fingerprint density at radius 3 is 2.02 bits per heavy atom. The van der Waals surface area contributed by atoms with Crippen LogP contribution in [0.5, 0.6) is 17.2 Å². The van der Waals surface area contributed by atoms with Crippen LogP contribution >= 0.6 is 11.3 Å². The normalized spacial score (nSPS) is 14.3. The Balaban J connectivity index is 1.36. The molecule has 1 aliphatic rings. The third-order valence-electron chi connectivity index (χ3n) is 7.27. The van der Waals surface area contributed by atoms with Gasteiger partial charge in [-0.05, 0) is 72.3 Å². The van der Waals surface area contributed by atoms with Gasteiger partial charge in [-0.15, -0.1) is 11.3 Å². The zero-order valence-corrected chi connectivity index (χ0v) is 24.5. The number of hydrogen-bond donors (Lipinski definition) is 0. The van der Waals surface area contributed by atoms with Gasteiger partial charge in [-0.25, -0.2) is 0 Å². The van der Waals surface area contributed by atoms with Crippen molar-refractivity contribution in [1.82, 2.24) is 4.90 Å². The van der Waals surface area contributed by atoms with Gasteiger partial charge in [-0.2, -0.15) is 0 Å². The molecule has 0 saturated carbocycles. The van der Waals surface area contributed by atoms with Crippen molar-refractivity contribution >= 4 is 33.1 Å². The number of benzene rings is 3. The third-order valence-corrected chi connectivity index (χ3v) is 8.47. The lowest BCUT2D eigenvalue weighted by Gasteiger charge is -2.35. The average Bonchev–Trinajstić information content (AvgIpc) is 3.35. The number of hydrogen-bond acceptors (Lipinski definition) is 6. The molecule has 0 aliphatic carbocycles. The van der Waals surface area contributed by atoms with Gasteiger partial charge in [0.05, 0.1) is 14.2 Å². The predicted octanol–water partition coefficient (Wildman–Crippen LogP) is 7.23. The lowest BCUT2D eigenvalue weighted by atomic mass is 9.93. The molecule has 1 saturated heterocycles. The Morgan fingerprint density at radius 1 is 0.825 bits per heavy atom. The summed E-state index contributed by atoms with van der Waals surface area (Å²) in [6.07, 6.45) is 1.62. The van der Waals surface area contributed by atoms with Crippen LogP contribution in [0.1, 0.15) is 49.5 Å². The van der Waals surface area contributed by atoms with Crippen molar-refractivity contribution in [2.24, 2.45) is 5.41 Å². The Morgan fingerprint density at radius 2 is 1.43 bits per heavy atom. The minimum absolute atomic E-state index is 0.0391. The van der Waals surface area contributed by atoms with Crippen LogP contribution in [0.4, 0.5) is 0 Å². The monoisotopic (exact) mass is 557 g/mol. The van der Waals surface area contributed by atoms with E-state index in [0.717, 1.165) is 50.6 Å². The first-order valence-electron chi connectivity index (χ1n) is 13.5. The molecule has 0 unspecified atom stereocenters. The van der Waals surface area contributed by atoms with Gasteiger partial charge in [0.15, 0.2) is 5.78 Å². The summed E-state index contributed by atoms with van der Waals surface area (Å²) in [7, 11) is 3.28. The zero-order valence-electron chi connectivity index (χ0n) is 23.7. The first-order chi connectivity index (χ1) is 19.2. The largest absolute Gasteiger partial charge is 0.497 e. The van der Waals surface area contributed by atoms with E-state index in [4.69, 9.17) is 14.2 Å². The number of ketones is 1. The Labute approximate surface area is 239 Å². The molecular weight excluding hydrogens is 522 g/mol. The summed E-state index contributed by atoms with van der Waals surface area (Å²) in [5.74, 6) is 2.39. The van der Waals surface area contributed by atoms with Gasteiger partial charge in [0.1, 0.15) is 23.4 Å². The number of nitrogens with zero attached hydrogens (tertiary/aromatic N) is 1. The summed E-state index contributed by atoms with van der Waals surface area (Å²) in [4.78, 5) is 29.4. The second kappa shape index (κ2) is 11.3. The Bertz CT molecular complexity index is 1510. The van der Waals surface area contributed by atoms with Crippen LogP contribution in [-0.2, 0) is 4.79 Å². The van der Waals surface area contributed by atoms with E-state index < -0.39 is 0 Å². The number of amides is 1. The number of piperidine rings is 1. The van der Waals surface area contributed by atoms with Crippen molar-refractivity contribution in [3.8, 4) is 27.7 Å². The number of fused-ring (bicyclic) bond motifs is 1. The maximum atomic E-state index is 13.9. The number of thiophene rings is 1. The number of carbonyl (C=O) groups excluding carboxylic acids is 2. The molecule has 1 fully saturated rings. The zero-order chi connectivity index (χ0) is 28.4. The Hall–Kier alpha value is -3.84. The molecule has 1 aliphatic heterocycles. The molecule has 7 heteroatoms. The predicted molar refractivity (Wildman–Crippen MR) is 160 cm³/mol. The molecule has 1 aromatic heterocycles. The highest BCUT2D eigenvalue weighted by atomic mass is 32.1. The van der Waals surface area contributed by atoms with Gasteiger partial charge in [0, 0.05) is 57.4 Å². The molecule has 0 radical (unpaired) electrons. The highest BCUT2D eigenvalue weighted by molar-refractivity contribution is 7.22. The van der Waals surface area contributed by atoms with Crippen molar-refractivity contribution in [3.63, 3.8) is 0 Å². The van der Waals surface area contributed by atoms with Crippen LogP contribution < -0.4 is 14.2 Å². The van der Waals surface area contributed by atoms with E-state index in [1.165, 1.54) is 0 Å². The second-order valence-electron chi connectivity index (χ2n) is 11.1. The van der Waals surface area contributed by atoms with Gasteiger partial charge < -0.3 is 19.1 Å². The highest BCUT2D eigenvalue weighted by Crippen LogP contribution is 2.41. The highest BCUT2D eigenvalue weighted by Gasteiger charge is 2.31. The van der Waals surface area contributed by atoms with E-state index in [-0.39, 0.29) is 23.2 Å². The quantitative estimate of drug-likeness (QED) is 0.224. The Kier molecular flexibility index (Phi) is 7.86. The van der Waals surface area contributed by atoms with Gasteiger partial charge in [0.2, 0.25) is 5.91 Å². The number of ether oxygens (including phenoxy) is 3. The summed E-state index contributed by atoms with van der Waals surface area (Å²) in [5.41, 5.74) is 1.87. The van der Waals surface area contributed by atoms with Crippen molar-refractivity contribution in [2.45, 2.75) is 39.7 Å². The fraction of sp³-hybridized carbons (Fsp3) is 0.333.